The number of hydrogen-bond acceptors (Lipinski definition) is 4. The van der Waals surface area contributed by atoms with Crippen molar-refractivity contribution in [2.45, 2.75) is 6.42 Å². The Balaban J connectivity index is 1.63. The molecule has 25 heavy (non-hydrogen) atoms. The predicted octanol–water partition coefficient (Wildman–Crippen LogP) is 2.28. The summed E-state index contributed by atoms with van der Waals surface area (Å²) in [6, 6.07) is 11.9. The molecular weight excluding hydrogens is 408 g/mol. The lowest BCUT2D eigenvalue weighted by Gasteiger charge is -2.19. The second-order valence-corrected chi connectivity index (χ2v) is 8.61. The van der Waals surface area contributed by atoms with Gasteiger partial charge in [-0.3, -0.25) is 9.10 Å². The van der Waals surface area contributed by atoms with Crippen molar-refractivity contribution >= 4 is 37.5 Å². The van der Waals surface area contributed by atoms with Crippen molar-refractivity contribution in [1.82, 2.24) is 5.32 Å². The first-order valence-corrected chi connectivity index (χ1v) is 10.1. The summed E-state index contributed by atoms with van der Waals surface area (Å²) in [4.78, 5) is 12.1. The normalized spacial score (nSPS) is 13.6. The monoisotopic (exact) mass is 424 g/mol. The fourth-order valence-corrected chi connectivity index (χ4v) is 4.57. The van der Waals surface area contributed by atoms with Crippen LogP contribution in [0.5, 0.6) is 5.75 Å². The summed E-state index contributed by atoms with van der Waals surface area (Å²) >= 11 is 3.20. The quantitative estimate of drug-likeness (QED) is 0.770. The molecule has 8 heteroatoms. The lowest BCUT2D eigenvalue weighted by Crippen LogP contribution is -2.37. The van der Waals surface area contributed by atoms with Crippen LogP contribution in [-0.4, -0.2) is 38.3 Å². The number of amides is 1. The van der Waals surface area contributed by atoms with Gasteiger partial charge in [-0.05, 0) is 36.2 Å². The molecule has 1 heterocycles. The van der Waals surface area contributed by atoms with E-state index in [1.807, 2.05) is 18.2 Å². The number of phenols is 1. The fraction of sp³-hybridized carbons (Fsp3) is 0.235. The lowest BCUT2D eigenvalue weighted by atomic mass is 10.2. The Morgan fingerprint density at radius 3 is 2.76 bits per heavy atom. The number of nitrogens with one attached hydrogen (secondary N) is 1. The third-order valence-electron chi connectivity index (χ3n) is 4.03. The zero-order chi connectivity index (χ0) is 18.0. The van der Waals surface area contributed by atoms with Gasteiger partial charge in [0.2, 0.25) is 10.0 Å². The highest BCUT2D eigenvalue weighted by Crippen LogP contribution is 2.29. The van der Waals surface area contributed by atoms with E-state index in [0.29, 0.717) is 23.1 Å². The molecule has 0 aromatic heterocycles. The molecule has 2 aromatic rings. The maximum absolute atomic E-state index is 12.5. The number of para-hydroxylation sites is 1. The number of hydrogen-bond donors (Lipinski definition) is 2. The van der Waals surface area contributed by atoms with Gasteiger partial charge in [-0.1, -0.05) is 34.1 Å². The number of phenolic OH excluding ortho intramolecular Hbond substituents is 1. The van der Waals surface area contributed by atoms with Crippen molar-refractivity contribution in [3.05, 3.63) is 58.1 Å². The van der Waals surface area contributed by atoms with E-state index in [1.165, 1.54) is 16.4 Å². The van der Waals surface area contributed by atoms with Gasteiger partial charge >= 0.3 is 0 Å². The second kappa shape index (κ2) is 7.05. The van der Waals surface area contributed by atoms with E-state index in [0.717, 1.165) is 5.56 Å². The molecule has 1 amide bonds. The average Bonchev–Trinajstić information content (AvgIpc) is 2.99. The number of carbonyl (C=O) groups is 1. The van der Waals surface area contributed by atoms with E-state index in [4.69, 9.17) is 0 Å². The van der Waals surface area contributed by atoms with Crippen LogP contribution in [0.3, 0.4) is 0 Å². The lowest BCUT2D eigenvalue weighted by molar-refractivity contribution is 0.0953. The third kappa shape index (κ3) is 3.80. The first-order valence-electron chi connectivity index (χ1n) is 7.73. The molecule has 0 spiro atoms. The van der Waals surface area contributed by atoms with Gasteiger partial charge in [0.1, 0.15) is 5.75 Å². The number of sulfonamides is 1. The van der Waals surface area contributed by atoms with Crippen molar-refractivity contribution in [2.24, 2.45) is 0 Å². The second-order valence-electron chi connectivity index (χ2n) is 5.68. The van der Waals surface area contributed by atoms with Crippen LogP contribution in [0, 0.1) is 0 Å². The predicted molar refractivity (Wildman–Crippen MR) is 99.4 cm³/mol. The van der Waals surface area contributed by atoms with E-state index in [1.54, 1.807) is 12.1 Å². The SMILES string of the molecule is O=C(NCCS(=O)(=O)N1CCc2ccccc21)c1ccc(Br)cc1O. The van der Waals surface area contributed by atoms with Crippen molar-refractivity contribution in [3.63, 3.8) is 0 Å². The molecule has 0 saturated carbocycles. The van der Waals surface area contributed by atoms with E-state index in [2.05, 4.69) is 21.2 Å². The first kappa shape index (κ1) is 17.8. The van der Waals surface area contributed by atoms with Crippen molar-refractivity contribution < 1.29 is 18.3 Å². The van der Waals surface area contributed by atoms with E-state index in [9.17, 15) is 18.3 Å². The smallest absolute Gasteiger partial charge is 0.255 e. The van der Waals surface area contributed by atoms with Crippen LogP contribution in [-0.2, 0) is 16.4 Å². The van der Waals surface area contributed by atoms with Gasteiger partial charge in [0.05, 0.1) is 17.0 Å². The van der Waals surface area contributed by atoms with Crippen LogP contribution in [0.15, 0.2) is 46.9 Å². The zero-order valence-corrected chi connectivity index (χ0v) is 15.7. The van der Waals surface area contributed by atoms with Crippen LogP contribution in [0.4, 0.5) is 5.69 Å². The molecule has 0 fully saturated rings. The third-order valence-corrected chi connectivity index (χ3v) is 6.29. The summed E-state index contributed by atoms with van der Waals surface area (Å²) in [6.45, 7) is 0.387. The topological polar surface area (TPSA) is 86.7 Å². The molecule has 132 valence electrons. The molecular formula is C17H17BrN2O4S. The molecule has 0 atom stereocenters. The number of aromatic hydroxyl groups is 1. The van der Waals surface area contributed by atoms with E-state index in [-0.39, 0.29) is 23.6 Å². The summed E-state index contributed by atoms with van der Waals surface area (Å²) in [5.41, 5.74) is 1.82. The molecule has 0 aliphatic carbocycles. The van der Waals surface area contributed by atoms with Gasteiger partial charge in [0.15, 0.2) is 0 Å². The van der Waals surface area contributed by atoms with Crippen molar-refractivity contribution in [2.75, 3.05) is 23.1 Å². The summed E-state index contributed by atoms with van der Waals surface area (Å²) in [5, 5.41) is 12.3. The molecule has 0 radical (unpaired) electrons. The molecule has 1 aliphatic heterocycles. The number of nitrogens with zero attached hydrogens (tertiary/aromatic N) is 1. The minimum Gasteiger partial charge on any atom is -0.507 e. The number of benzene rings is 2. The van der Waals surface area contributed by atoms with Gasteiger partial charge in [0.25, 0.3) is 5.91 Å². The van der Waals surface area contributed by atoms with Crippen molar-refractivity contribution in [3.8, 4) is 5.75 Å². The zero-order valence-electron chi connectivity index (χ0n) is 13.3. The van der Waals surface area contributed by atoms with Crippen LogP contribution in [0.2, 0.25) is 0 Å². The standard InChI is InChI=1S/C17H17BrN2O4S/c18-13-5-6-14(16(21)11-13)17(22)19-8-10-25(23,24)20-9-7-12-3-1-2-4-15(12)20/h1-6,11,21H,7-10H2,(H,19,22). The van der Waals surface area contributed by atoms with Gasteiger partial charge in [-0.25, -0.2) is 8.42 Å². The Bertz CT molecular complexity index is 915. The summed E-state index contributed by atoms with van der Waals surface area (Å²) < 4.78 is 27.1. The largest absolute Gasteiger partial charge is 0.507 e. The van der Waals surface area contributed by atoms with Gasteiger partial charge in [-0.2, -0.15) is 0 Å². The number of fused-ring (bicyclic) bond motifs is 1. The maximum atomic E-state index is 12.5. The van der Waals surface area contributed by atoms with E-state index >= 15 is 0 Å². The molecule has 2 N–H and O–H groups in total. The Kier molecular flexibility index (Phi) is 5.01. The molecule has 3 rings (SSSR count). The Morgan fingerprint density at radius 2 is 2.00 bits per heavy atom. The molecule has 2 aromatic carbocycles. The Labute approximate surface area is 154 Å². The molecule has 1 aliphatic rings. The van der Waals surface area contributed by atoms with Crippen LogP contribution >= 0.6 is 15.9 Å². The highest BCUT2D eigenvalue weighted by atomic mass is 79.9. The summed E-state index contributed by atoms with van der Waals surface area (Å²) in [5.74, 6) is -0.880. The molecule has 6 nitrogen and oxygen atoms in total. The van der Waals surface area contributed by atoms with Gasteiger partial charge in [0, 0.05) is 17.6 Å². The number of halogens is 1. The maximum Gasteiger partial charge on any atom is 0.255 e. The number of anilines is 1. The highest BCUT2D eigenvalue weighted by molar-refractivity contribution is 9.10. The average molecular weight is 425 g/mol. The van der Waals surface area contributed by atoms with Crippen LogP contribution in [0.25, 0.3) is 0 Å². The fourth-order valence-electron chi connectivity index (χ4n) is 2.79. The van der Waals surface area contributed by atoms with Crippen LogP contribution in [0.1, 0.15) is 15.9 Å². The van der Waals surface area contributed by atoms with Crippen LogP contribution < -0.4 is 9.62 Å². The summed E-state index contributed by atoms with van der Waals surface area (Å²) in [6.07, 6.45) is 0.689. The molecule has 0 unspecified atom stereocenters. The Morgan fingerprint density at radius 1 is 1.24 bits per heavy atom. The summed E-state index contributed by atoms with van der Waals surface area (Å²) in [7, 11) is -3.52. The molecule has 0 bridgehead atoms. The highest BCUT2D eigenvalue weighted by Gasteiger charge is 2.28. The first-order chi connectivity index (χ1) is 11.9. The number of carbonyl (C=O) groups excluding carboxylic acids is 1. The van der Waals surface area contributed by atoms with Crippen molar-refractivity contribution in [1.29, 1.82) is 0 Å². The molecule has 0 saturated heterocycles. The number of rotatable bonds is 5. The van der Waals surface area contributed by atoms with Gasteiger partial charge < -0.3 is 10.4 Å². The Hall–Kier alpha value is -2.06. The minimum absolute atomic E-state index is 0.0324. The minimum atomic E-state index is -3.52. The van der Waals surface area contributed by atoms with Gasteiger partial charge in [-0.15, -0.1) is 0 Å². The van der Waals surface area contributed by atoms with E-state index < -0.39 is 15.9 Å².